The molecule has 0 aromatic heterocycles. The van der Waals surface area contributed by atoms with E-state index in [4.69, 9.17) is 14.2 Å². The van der Waals surface area contributed by atoms with Gasteiger partial charge >= 0.3 is 0 Å². The van der Waals surface area contributed by atoms with Gasteiger partial charge in [0.15, 0.2) is 6.79 Å². The minimum Gasteiger partial charge on any atom is -0.497 e. The topological polar surface area (TPSA) is 94.4 Å². The van der Waals surface area contributed by atoms with E-state index in [1.165, 1.54) is 6.07 Å². The molecule has 0 aliphatic carbocycles. The second-order valence-electron chi connectivity index (χ2n) is 7.97. The number of nitro groups is 1. The zero-order chi connectivity index (χ0) is 22.5. The summed E-state index contributed by atoms with van der Waals surface area (Å²) in [5.41, 5.74) is 2.64. The van der Waals surface area contributed by atoms with E-state index in [1.807, 2.05) is 29.2 Å². The van der Waals surface area contributed by atoms with Crippen molar-refractivity contribution in [2.24, 2.45) is 0 Å². The van der Waals surface area contributed by atoms with Crippen LogP contribution in [-0.4, -0.2) is 60.7 Å². The first-order chi connectivity index (χ1) is 15.5. The predicted molar refractivity (Wildman–Crippen MR) is 117 cm³/mol. The largest absolute Gasteiger partial charge is 0.497 e. The third kappa shape index (κ3) is 5.17. The number of piperazine rings is 1. The number of methoxy groups -OCH3 is 1. The molecule has 0 bridgehead atoms. The molecule has 1 fully saturated rings. The molecule has 0 saturated carbocycles. The molecule has 0 atom stereocenters. The highest BCUT2D eigenvalue weighted by Crippen LogP contribution is 2.33. The third-order valence-corrected chi connectivity index (χ3v) is 5.89. The first-order valence-corrected chi connectivity index (χ1v) is 10.7. The van der Waals surface area contributed by atoms with Gasteiger partial charge < -0.3 is 19.1 Å². The maximum absolute atomic E-state index is 12.6. The number of rotatable bonds is 7. The Labute approximate surface area is 186 Å². The van der Waals surface area contributed by atoms with Crippen molar-refractivity contribution < 1.29 is 23.9 Å². The Balaban J connectivity index is 1.31. The third-order valence-electron chi connectivity index (χ3n) is 5.89. The molecule has 0 spiro atoms. The molecular formula is C23H27N3O6. The number of nitrogens with zero attached hydrogens (tertiary/aromatic N) is 3. The zero-order valence-electron chi connectivity index (χ0n) is 18.1. The van der Waals surface area contributed by atoms with Crippen LogP contribution in [0.5, 0.6) is 11.5 Å². The Hall–Kier alpha value is -3.17. The van der Waals surface area contributed by atoms with Gasteiger partial charge in [-0.2, -0.15) is 0 Å². The fraction of sp³-hybridized carbons (Fsp3) is 0.435. The summed E-state index contributed by atoms with van der Waals surface area (Å²) in [6.45, 7) is 3.70. The highest BCUT2D eigenvalue weighted by atomic mass is 16.7. The summed E-state index contributed by atoms with van der Waals surface area (Å²) < 4.78 is 16.1. The number of benzene rings is 2. The number of carbonyl (C=O) groups is 1. The van der Waals surface area contributed by atoms with E-state index in [0.717, 1.165) is 16.9 Å². The first-order valence-electron chi connectivity index (χ1n) is 10.7. The number of aryl methyl sites for hydroxylation is 1. The van der Waals surface area contributed by atoms with E-state index in [2.05, 4.69) is 4.90 Å². The molecule has 2 aliphatic heterocycles. The number of nitro benzene ring substituents is 1. The Morgan fingerprint density at radius 3 is 2.59 bits per heavy atom. The molecule has 4 rings (SSSR count). The molecule has 9 nitrogen and oxygen atoms in total. The molecule has 2 aromatic rings. The number of amides is 1. The molecular weight excluding hydrogens is 414 g/mol. The lowest BCUT2D eigenvalue weighted by Gasteiger charge is -2.35. The van der Waals surface area contributed by atoms with Gasteiger partial charge in [0.25, 0.3) is 5.69 Å². The van der Waals surface area contributed by atoms with Gasteiger partial charge in [-0.1, -0.05) is 12.1 Å². The number of carbonyl (C=O) groups excluding carboxylic acids is 1. The van der Waals surface area contributed by atoms with Crippen LogP contribution in [0.15, 0.2) is 36.4 Å². The Bertz CT molecular complexity index is 970. The summed E-state index contributed by atoms with van der Waals surface area (Å²) in [7, 11) is 1.63. The maximum atomic E-state index is 12.6. The number of non-ortho nitro benzene ring substituents is 1. The van der Waals surface area contributed by atoms with Gasteiger partial charge in [-0.15, -0.1) is 0 Å². The van der Waals surface area contributed by atoms with Gasteiger partial charge in [0.2, 0.25) is 5.91 Å². The lowest BCUT2D eigenvalue weighted by molar-refractivity contribution is -0.385. The first kappa shape index (κ1) is 22.0. The summed E-state index contributed by atoms with van der Waals surface area (Å²) in [5, 5.41) is 11.3. The summed E-state index contributed by atoms with van der Waals surface area (Å²) in [6.07, 6.45) is 1.17. The summed E-state index contributed by atoms with van der Waals surface area (Å²) in [5.74, 6) is 1.63. The van der Waals surface area contributed by atoms with Crippen molar-refractivity contribution in [1.29, 1.82) is 0 Å². The van der Waals surface area contributed by atoms with Crippen LogP contribution in [0.25, 0.3) is 0 Å². The summed E-state index contributed by atoms with van der Waals surface area (Å²) in [6, 6.07) is 10.9. The van der Waals surface area contributed by atoms with Crippen LogP contribution >= 0.6 is 0 Å². The molecule has 170 valence electrons. The van der Waals surface area contributed by atoms with Crippen LogP contribution in [0, 0.1) is 10.1 Å². The summed E-state index contributed by atoms with van der Waals surface area (Å²) in [4.78, 5) is 27.7. The van der Waals surface area contributed by atoms with Crippen LogP contribution in [0.4, 0.5) is 5.69 Å². The van der Waals surface area contributed by atoms with Crippen LogP contribution in [0.3, 0.4) is 0 Å². The molecule has 32 heavy (non-hydrogen) atoms. The minimum absolute atomic E-state index is 0.0418. The molecule has 2 aromatic carbocycles. The minimum atomic E-state index is -0.391. The van der Waals surface area contributed by atoms with E-state index < -0.39 is 4.92 Å². The van der Waals surface area contributed by atoms with Crippen LogP contribution in [0.1, 0.15) is 23.1 Å². The number of hydrogen-bond acceptors (Lipinski definition) is 7. The normalized spacial score (nSPS) is 16.2. The molecule has 2 heterocycles. The number of fused-ring (bicyclic) bond motifs is 1. The van der Waals surface area contributed by atoms with Crippen molar-refractivity contribution in [3.05, 3.63) is 63.2 Å². The zero-order valence-corrected chi connectivity index (χ0v) is 18.1. The number of ether oxygens (including phenoxy) is 3. The van der Waals surface area contributed by atoms with Gasteiger partial charge in [0.05, 0.1) is 18.6 Å². The van der Waals surface area contributed by atoms with Gasteiger partial charge in [0, 0.05) is 62.4 Å². The van der Waals surface area contributed by atoms with Crippen LogP contribution in [0.2, 0.25) is 0 Å². The van der Waals surface area contributed by atoms with Gasteiger partial charge in [-0.05, 0) is 24.1 Å². The highest BCUT2D eigenvalue weighted by molar-refractivity contribution is 5.76. The second-order valence-corrected chi connectivity index (χ2v) is 7.97. The van der Waals surface area contributed by atoms with E-state index >= 15 is 0 Å². The highest BCUT2D eigenvalue weighted by Gasteiger charge is 2.25. The molecule has 0 N–H and O–H groups in total. The Morgan fingerprint density at radius 2 is 1.91 bits per heavy atom. The average molecular weight is 441 g/mol. The fourth-order valence-electron chi connectivity index (χ4n) is 4.10. The predicted octanol–water partition coefficient (Wildman–Crippen LogP) is 2.75. The Morgan fingerprint density at radius 1 is 1.16 bits per heavy atom. The average Bonchev–Trinajstić information content (AvgIpc) is 2.83. The van der Waals surface area contributed by atoms with Crippen LogP contribution in [-0.2, 0) is 29.1 Å². The second kappa shape index (κ2) is 9.97. The van der Waals surface area contributed by atoms with Gasteiger partial charge in [-0.25, -0.2) is 0 Å². The SMILES string of the molecule is COc1ccc(CCC(=O)N2CCN(Cc3cc([N+](=O)[O-])cc4c3OCOC4)CC2)cc1. The van der Waals surface area contributed by atoms with E-state index in [9.17, 15) is 14.9 Å². The van der Waals surface area contributed by atoms with Crippen molar-refractivity contribution >= 4 is 11.6 Å². The molecule has 0 radical (unpaired) electrons. The smallest absolute Gasteiger partial charge is 0.270 e. The van der Waals surface area contributed by atoms with E-state index in [1.54, 1.807) is 13.2 Å². The summed E-state index contributed by atoms with van der Waals surface area (Å²) >= 11 is 0. The lowest BCUT2D eigenvalue weighted by atomic mass is 10.1. The van der Waals surface area contributed by atoms with Crippen LogP contribution < -0.4 is 9.47 Å². The molecule has 2 aliphatic rings. The number of hydrogen-bond donors (Lipinski definition) is 0. The monoisotopic (exact) mass is 441 g/mol. The maximum Gasteiger partial charge on any atom is 0.270 e. The quantitative estimate of drug-likeness (QED) is 0.482. The van der Waals surface area contributed by atoms with E-state index in [-0.39, 0.29) is 18.4 Å². The fourth-order valence-corrected chi connectivity index (χ4v) is 4.10. The van der Waals surface area contributed by atoms with Crippen molar-refractivity contribution in [2.45, 2.75) is 26.0 Å². The molecule has 0 unspecified atom stereocenters. The molecule has 1 amide bonds. The van der Waals surface area contributed by atoms with Crippen molar-refractivity contribution in [2.75, 3.05) is 40.1 Å². The van der Waals surface area contributed by atoms with Gasteiger partial charge in [0.1, 0.15) is 11.5 Å². The molecule has 1 saturated heterocycles. The molecule has 9 heteroatoms. The van der Waals surface area contributed by atoms with Crippen molar-refractivity contribution in [1.82, 2.24) is 9.80 Å². The van der Waals surface area contributed by atoms with Gasteiger partial charge in [-0.3, -0.25) is 19.8 Å². The van der Waals surface area contributed by atoms with Crippen molar-refractivity contribution in [3.8, 4) is 11.5 Å². The van der Waals surface area contributed by atoms with E-state index in [0.29, 0.717) is 63.5 Å². The Kier molecular flexibility index (Phi) is 6.87. The van der Waals surface area contributed by atoms with Crippen molar-refractivity contribution in [3.63, 3.8) is 0 Å². The standard InChI is InChI=1S/C23H27N3O6/c1-30-21-5-2-17(3-6-21)4-7-22(27)25-10-8-24(9-11-25)14-18-12-20(26(28)29)13-19-15-31-16-32-23(18)19/h2-3,5-6,12-13H,4,7-11,14-16H2,1H3. The lowest BCUT2D eigenvalue weighted by Crippen LogP contribution is -2.48.